The van der Waals surface area contributed by atoms with Crippen LogP contribution in [-0.2, 0) is 9.53 Å². The number of hydrogen-bond acceptors (Lipinski definition) is 5. The van der Waals surface area contributed by atoms with Crippen molar-refractivity contribution in [2.75, 3.05) is 11.6 Å². The summed E-state index contributed by atoms with van der Waals surface area (Å²) in [7, 11) is 0. The first-order valence-electron chi connectivity index (χ1n) is 6.88. The van der Waals surface area contributed by atoms with E-state index < -0.39 is 23.8 Å². The van der Waals surface area contributed by atoms with E-state index in [2.05, 4.69) is 10.3 Å². The third-order valence-electron chi connectivity index (χ3n) is 3.03. The van der Waals surface area contributed by atoms with E-state index in [4.69, 9.17) is 16.3 Å². The SMILES string of the molecule is CSc1ncccc1C(=O)O[C@@H](C)C(=O)Nc1ccc(F)cc1Cl. The monoisotopic (exact) mass is 368 g/mol. The minimum atomic E-state index is -1.06. The molecule has 2 rings (SSSR count). The van der Waals surface area contributed by atoms with Crippen molar-refractivity contribution in [3.05, 3.63) is 52.9 Å². The van der Waals surface area contributed by atoms with E-state index in [0.29, 0.717) is 5.03 Å². The highest BCUT2D eigenvalue weighted by molar-refractivity contribution is 7.98. The number of halogens is 2. The van der Waals surface area contributed by atoms with Crippen molar-refractivity contribution in [2.45, 2.75) is 18.1 Å². The molecule has 24 heavy (non-hydrogen) atoms. The van der Waals surface area contributed by atoms with Crippen LogP contribution < -0.4 is 5.32 Å². The Balaban J connectivity index is 2.04. The highest BCUT2D eigenvalue weighted by Gasteiger charge is 2.21. The van der Waals surface area contributed by atoms with Crippen LogP contribution in [0.5, 0.6) is 0 Å². The minimum Gasteiger partial charge on any atom is -0.449 e. The van der Waals surface area contributed by atoms with Crippen molar-refractivity contribution in [3.63, 3.8) is 0 Å². The Hall–Kier alpha value is -2.12. The Kier molecular flexibility index (Phi) is 6.16. The summed E-state index contributed by atoms with van der Waals surface area (Å²) in [5.41, 5.74) is 0.515. The van der Waals surface area contributed by atoms with Gasteiger partial charge in [0, 0.05) is 6.20 Å². The summed E-state index contributed by atoms with van der Waals surface area (Å²) in [5, 5.41) is 3.05. The van der Waals surface area contributed by atoms with Gasteiger partial charge in [0.2, 0.25) is 0 Å². The molecule has 0 saturated heterocycles. The lowest BCUT2D eigenvalue weighted by Gasteiger charge is -2.15. The van der Waals surface area contributed by atoms with Gasteiger partial charge in [-0.1, -0.05) is 11.6 Å². The number of esters is 1. The molecule has 1 atom stereocenters. The Bertz CT molecular complexity index is 773. The molecule has 2 aromatic rings. The van der Waals surface area contributed by atoms with Crippen LogP contribution in [0, 0.1) is 5.82 Å². The number of hydrogen-bond donors (Lipinski definition) is 1. The van der Waals surface area contributed by atoms with Crippen molar-refractivity contribution in [3.8, 4) is 0 Å². The van der Waals surface area contributed by atoms with Gasteiger partial charge >= 0.3 is 5.97 Å². The van der Waals surface area contributed by atoms with Crippen LogP contribution in [0.25, 0.3) is 0 Å². The Morgan fingerprint density at radius 1 is 1.38 bits per heavy atom. The van der Waals surface area contributed by atoms with E-state index in [0.717, 1.165) is 6.07 Å². The Labute approximate surface area is 147 Å². The molecule has 1 aromatic carbocycles. The van der Waals surface area contributed by atoms with Gasteiger partial charge in [-0.2, -0.15) is 0 Å². The molecule has 1 heterocycles. The number of nitrogens with one attached hydrogen (secondary N) is 1. The molecule has 1 aromatic heterocycles. The van der Waals surface area contributed by atoms with Crippen LogP contribution in [0.2, 0.25) is 5.02 Å². The molecule has 0 aliphatic rings. The first kappa shape index (κ1) is 18.2. The van der Waals surface area contributed by atoms with E-state index in [1.807, 2.05) is 0 Å². The van der Waals surface area contributed by atoms with Gasteiger partial charge in [-0.05, 0) is 43.5 Å². The molecule has 0 saturated carbocycles. The number of nitrogens with zero attached hydrogens (tertiary/aromatic N) is 1. The van der Waals surface area contributed by atoms with E-state index >= 15 is 0 Å². The van der Waals surface area contributed by atoms with Gasteiger partial charge in [-0.25, -0.2) is 14.2 Å². The molecule has 0 aliphatic carbocycles. The summed E-state index contributed by atoms with van der Waals surface area (Å²) in [5.74, 6) is -1.74. The predicted octanol–water partition coefficient (Wildman–Crippen LogP) is 3.78. The summed E-state index contributed by atoms with van der Waals surface area (Å²) in [4.78, 5) is 28.3. The second kappa shape index (κ2) is 8.12. The number of benzene rings is 1. The van der Waals surface area contributed by atoms with E-state index in [9.17, 15) is 14.0 Å². The fourth-order valence-corrected chi connectivity index (χ4v) is 2.56. The molecule has 0 unspecified atom stereocenters. The topological polar surface area (TPSA) is 68.3 Å². The van der Waals surface area contributed by atoms with Crippen molar-refractivity contribution in [1.82, 2.24) is 4.98 Å². The highest BCUT2D eigenvalue weighted by Crippen LogP contribution is 2.23. The molecule has 0 spiro atoms. The zero-order valence-electron chi connectivity index (χ0n) is 12.9. The Morgan fingerprint density at radius 2 is 2.12 bits per heavy atom. The zero-order valence-corrected chi connectivity index (χ0v) is 14.5. The van der Waals surface area contributed by atoms with Crippen LogP contribution in [0.3, 0.4) is 0 Å². The summed E-state index contributed by atoms with van der Waals surface area (Å²) < 4.78 is 18.2. The number of rotatable bonds is 5. The van der Waals surface area contributed by atoms with Gasteiger partial charge in [0.05, 0.1) is 16.3 Å². The molecule has 1 N–H and O–H groups in total. The van der Waals surface area contributed by atoms with E-state index in [-0.39, 0.29) is 16.3 Å². The number of amides is 1. The van der Waals surface area contributed by atoms with Crippen LogP contribution in [-0.4, -0.2) is 29.2 Å². The number of carbonyl (C=O) groups is 2. The second-order valence-corrected chi connectivity index (χ2v) is 5.92. The first-order chi connectivity index (χ1) is 11.4. The minimum absolute atomic E-state index is 0.0544. The van der Waals surface area contributed by atoms with E-state index in [1.54, 1.807) is 24.6 Å². The normalized spacial score (nSPS) is 11.7. The molecular weight excluding hydrogens is 355 g/mol. The number of aromatic nitrogens is 1. The molecule has 126 valence electrons. The molecular formula is C16H14ClFN2O3S. The maximum absolute atomic E-state index is 13.0. The van der Waals surface area contributed by atoms with Gasteiger partial charge in [0.1, 0.15) is 10.8 Å². The third-order valence-corrected chi connectivity index (χ3v) is 4.05. The number of ether oxygens (including phenoxy) is 1. The number of thioether (sulfide) groups is 1. The van der Waals surface area contributed by atoms with Crippen LogP contribution in [0.4, 0.5) is 10.1 Å². The average Bonchev–Trinajstić information content (AvgIpc) is 2.57. The lowest BCUT2D eigenvalue weighted by Crippen LogP contribution is -2.30. The van der Waals surface area contributed by atoms with Gasteiger partial charge in [-0.3, -0.25) is 4.79 Å². The second-order valence-electron chi connectivity index (χ2n) is 4.72. The number of carbonyl (C=O) groups excluding carboxylic acids is 2. The van der Waals surface area contributed by atoms with Crippen molar-refractivity contribution >= 4 is 40.9 Å². The van der Waals surface area contributed by atoms with Gasteiger partial charge in [0.25, 0.3) is 5.91 Å². The Morgan fingerprint density at radius 3 is 2.79 bits per heavy atom. The van der Waals surface area contributed by atoms with Gasteiger partial charge < -0.3 is 10.1 Å². The first-order valence-corrected chi connectivity index (χ1v) is 8.48. The fraction of sp³-hybridized carbons (Fsp3) is 0.188. The fourth-order valence-electron chi connectivity index (χ4n) is 1.81. The lowest BCUT2D eigenvalue weighted by molar-refractivity contribution is -0.123. The summed E-state index contributed by atoms with van der Waals surface area (Å²) in [6, 6.07) is 6.76. The molecule has 0 radical (unpaired) electrons. The average molecular weight is 369 g/mol. The van der Waals surface area contributed by atoms with E-state index in [1.165, 1.54) is 30.8 Å². The number of anilines is 1. The molecule has 8 heteroatoms. The predicted molar refractivity (Wildman–Crippen MR) is 90.9 cm³/mol. The summed E-state index contributed by atoms with van der Waals surface area (Å²) >= 11 is 7.15. The summed E-state index contributed by atoms with van der Waals surface area (Å²) in [6.07, 6.45) is 2.29. The lowest BCUT2D eigenvalue weighted by atomic mass is 10.2. The highest BCUT2D eigenvalue weighted by atomic mass is 35.5. The standard InChI is InChI=1S/C16H14ClFN2O3S/c1-9(14(21)20-13-6-5-10(18)8-12(13)17)23-16(22)11-4-3-7-19-15(11)24-2/h3-9H,1-2H3,(H,20,21)/t9-/m0/s1. The maximum Gasteiger partial charge on any atom is 0.341 e. The largest absolute Gasteiger partial charge is 0.449 e. The van der Waals surface area contributed by atoms with Gasteiger partial charge in [0.15, 0.2) is 6.10 Å². The zero-order chi connectivity index (χ0) is 17.7. The van der Waals surface area contributed by atoms with Crippen LogP contribution in [0.1, 0.15) is 17.3 Å². The summed E-state index contributed by atoms with van der Waals surface area (Å²) in [6.45, 7) is 1.43. The van der Waals surface area contributed by atoms with Crippen LogP contribution >= 0.6 is 23.4 Å². The van der Waals surface area contributed by atoms with Crippen molar-refractivity contribution in [2.24, 2.45) is 0 Å². The van der Waals surface area contributed by atoms with Crippen molar-refractivity contribution in [1.29, 1.82) is 0 Å². The molecule has 0 aliphatic heterocycles. The van der Waals surface area contributed by atoms with Gasteiger partial charge in [-0.15, -0.1) is 11.8 Å². The quantitative estimate of drug-likeness (QED) is 0.642. The molecule has 0 fully saturated rings. The van der Waals surface area contributed by atoms with Crippen LogP contribution in [0.15, 0.2) is 41.6 Å². The third kappa shape index (κ3) is 4.46. The number of pyridine rings is 1. The maximum atomic E-state index is 13.0. The molecule has 5 nitrogen and oxygen atoms in total. The smallest absolute Gasteiger partial charge is 0.341 e. The van der Waals surface area contributed by atoms with Crippen molar-refractivity contribution < 1.29 is 18.7 Å². The molecule has 0 bridgehead atoms. The molecule has 1 amide bonds.